The van der Waals surface area contributed by atoms with Crippen molar-refractivity contribution in [3.05, 3.63) is 63.4 Å². The second kappa shape index (κ2) is 10.3. The molecule has 0 radical (unpaired) electrons. The van der Waals surface area contributed by atoms with Gasteiger partial charge >= 0.3 is 0 Å². The number of fused-ring (bicyclic) bond motifs is 1. The van der Waals surface area contributed by atoms with E-state index in [9.17, 15) is 14.9 Å². The summed E-state index contributed by atoms with van der Waals surface area (Å²) in [4.78, 5) is 29.1. The highest BCUT2D eigenvalue weighted by Gasteiger charge is 2.13. The Hall–Kier alpha value is -2.49. The standard InChI is InChI=1S/C20H21N3O4S2/c1-2-27-12-11-22-17-14-15(23(25)26)8-9-18(17)29-20(22)21-19(24)10-13-28-16-6-4-3-5-7-16/h3-9,14H,2,10-13H2,1H3. The maximum Gasteiger partial charge on any atom is 0.271 e. The first-order valence-corrected chi connectivity index (χ1v) is 11.0. The van der Waals surface area contributed by atoms with E-state index in [0.717, 1.165) is 9.60 Å². The van der Waals surface area contributed by atoms with Crippen LogP contribution >= 0.6 is 23.1 Å². The molecule has 0 unspecified atom stereocenters. The molecule has 1 aromatic heterocycles. The number of thioether (sulfide) groups is 1. The van der Waals surface area contributed by atoms with E-state index in [1.165, 1.54) is 23.5 Å². The molecule has 0 aliphatic carbocycles. The Kier molecular flexibility index (Phi) is 7.56. The number of benzene rings is 2. The SMILES string of the molecule is CCOCCn1c(=NC(=O)CCSc2ccccc2)sc2ccc([N+](=O)[O-])cc21. The fraction of sp³-hybridized carbons (Fsp3) is 0.300. The number of nitro benzene ring substituents is 1. The third-order valence-electron chi connectivity index (χ3n) is 4.09. The Balaban J connectivity index is 1.82. The summed E-state index contributed by atoms with van der Waals surface area (Å²) in [5.41, 5.74) is 0.701. The van der Waals surface area contributed by atoms with E-state index in [0.29, 0.717) is 42.3 Å². The molecular formula is C20H21N3O4S2. The van der Waals surface area contributed by atoms with Crippen molar-refractivity contribution in [2.45, 2.75) is 24.8 Å². The Labute approximate surface area is 176 Å². The molecule has 3 aromatic rings. The summed E-state index contributed by atoms with van der Waals surface area (Å²) in [5.74, 6) is 0.432. The quantitative estimate of drug-likeness (QED) is 0.219. The van der Waals surface area contributed by atoms with E-state index >= 15 is 0 Å². The number of nitro groups is 1. The molecule has 0 aliphatic heterocycles. The topological polar surface area (TPSA) is 86.7 Å². The number of aromatic nitrogens is 1. The summed E-state index contributed by atoms with van der Waals surface area (Å²) < 4.78 is 8.10. The molecule has 0 spiro atoms. The molecule has 0 N–H and O–H groups in total. The maximum atomic E-state index is 12.4. The van der Waals surface area contributed by atoms with Crippen molar-refractivity contribution in [3.8, 4) is 0 Å². The van der Waals surface area contributed by atoms with Gasteiger partial charge in [0.1, 0.15) is 0 Å². The van der Waals surface area contributed by atoms with Gasteiger partial charge in [-0.1, -0.05) is 29.5 Å². The predicted molar refractivity (Wildman–Crippen MR) is 115 cm³/mol. The molecular weight excluding hydrogens is 410 g/mol. The van der Waals surface area contributed by atoms with Crippen LogP contribution in [0.15, 0.2) is 58.4 Å². The number of ether oxygens (including phenoxy) is 1. The van der Waals surface area contributed by atoms with Crippen LogP contribution in [0.4, 0.5) is 5.69 Å². The highest BCUT2D eigenvalue weighted by molar-refractivity contribution is 7.99. The lowest BCUT2D eigenvalue weighted by Gasteiger charge is -2.05. The summed E-state index contributed by atoms with van der Waals surface area (Å²) >= 11 is 2.96. The summed E-state index contributed by atoms with van der Waals surface area (Å²) in [6.45, 7) is 3.39. The Morgan fingerprint density at radius 3 is 2.79 bits per heavy atom. The van der Waals surface area contributed by atoms with E-state index in [1.807, 2.05) is 41.8 Å². The van der Waals surface area contributed by atoms with Gasteiger partial charge in [-0.15, -0.1) is 11.8 Å². The molecule has 0 saturated carbocycles. The summed E-state index contributed by atoms with van der Waals surface area (Å²) in [6.07, 6.45) is 0.319. The molecule has 1 amide bonds. The fourth-order valence-electron chi connectivity index (χ4n) is 2.71. The van der Waals surface area contributed by atoms with Crippen LogP contribution in [-0.4, -0.2) is 34.4 Å². The van der Waals surface area contributed by atoms with Crippen molar-refractivity contribution in [2.24, 2.45) is 4.99 Å². The smallest absolute Gasteiger partial charge is 0.271 e. The van der Waals surface area contributed by atoms with Gasteiger partial charge in [-0.2, -0.15) is 4.99 Å². The van der Waals surface area contributed by atoms with Gasteiger partial charge in [-0.05, 0) is 25.1 Å². The van der Waals surface area contributed by atoms with Crippen LogP contribution in [0.1, 0.15) is 13.3 Å². The first-order valence-electron chi connectivity index (χ1n) is 9.19. The van der Waals surface area contributed by atoms with Gasteiger partial charge in [0, 0.05) is 42.4 Å². The van der Waals surface area contributed by atoms with E-state index in [-0.39, 0.29) is 11.6 Å². The molecule has 1 heterocycles. The van der Waals surface area contributed by atoms with Crippen molar-refractivity contribution in [1.29, 1.82) is 0 Å². The number of non-ortho nitro benzene ring substituents is 1. The number of rotatable bonds is 9. The van der Waals surface area contributed by atoms with E-state index < -0.39 is 4.92 Å². The third-order valence-corrected chi connectivity index (χ3v) is 6.16. The average molecular weight is 432 g/mol. The normalized spacial score (nSPS) is 11.8. The molecule has 0 atom stereocenters. The molecule has 0 saturated heterocycles. The number of carbonyl (C=O) groups is 1. The molecule has 7 nitrogen and oxygen atoms in total. The number of hydrogen-bond donors (Lipinski definition) is 0. The summed E-state index contributed by atoms with van der Waals surface area (Å²) in [7, 11) is 0. The lowest BCUT2D eigenvalue weighted by Crippen LogP contribution is -2.19. The van der Waals surface area contributed by atoms with Crippen molar-refractivity contribution in [1.82, 2.24) is 4.57 Å². The molecule has 0 aliphatic rings. The molecule has 152 valence electrons. The largest absolute Gasteiger partial charge is 0.380 e. The van der Waals surface area contributed by atoms with Crippen LogP contribution < -0.4 is 4.80 Å². The minimum atomic E-state index is -0.424. The molecule has 3 rings (SSSR count). The van der Waals surface area contributed by atoms with E-state index in [2.05, 4.69) is 4.99 Å². The van der Waals surface area contributed by atoms with Crippen molar-refractivity contribution < 1.29 is 14.5 Å². The fourth-order valence-corrected chi connectivity index (χ4v) is 4.62. The van der Waals surface area contributed by atoms with Crippen molar-refractivity contribution >= 4 is 44.9 Å². The van der Waals surface area contributed by atoms with Crippen LogP contribution in [0.3, 0.4) is 0 Å². The van der Waals surface area contributed by atoms with Gasteiger partial charge in [-0.3, -0.25) is 14.9 Å². The van der Waals surface area contributed by atoms with Crippen LogP contribution in [-0.2, 0) is 16.1 Å². The van der Waals surface area contributed by atoms with Crippen molar-refractivity contribution in [2.75, 3.05) is 19.0 Å². The highest BCUT2D eigenvalue weighted by atomic mass is 32.2. The number of hydrogen-bond acceptors (Lipinski definition) is 6. The summed E-state index contributed by atoms with van der Waals surface area (Å²) in [6, 6.07) is 14.6. The van der Waals surface area contributed by atoms with Gasteiger partial charge in [-0.25, -0.2) is 0 Å². The zero-order valence-corrected chi connectivity index (χ0v) is 17.6. The second-order valence-electron chi connectivity index (χ2n) is 6.06. The zero-order chi connectivity index (χ0) is 20.6. The number of carbonyl (C=O) groups excluding carboxylic acids is 1. The van der Waals surface area contributed by atoms with Crippen LogP contribution in [0.5, 0.6) is 0 Å². The minimum Gasteiger partial charge on any atom is -0.380 e. The summed E-state index contributed by atoms with van der Waals surface area (Å²) in [5, 5.41) is 11.1. The second-order valence-corrected chi connectivity index (χ2v) is 8.24. The van der Waals surface area contributed by atoms with Gasteiger partial charge in [0.05, 0.1) is 21.7 Å². The Bertz CT molecular complexity index is 1060. The minimum absolute atomic E-state index is 0.0117. The first-order chi connectivity index (χ1) is 14.1. The molecule has 9 heteroatoms. The molecule has 0 bridgehead atoms. The van der Waals surface area contributed by atoms with Crippen molar-refractivity contribution in [3.63, 3.8) is 0 Å². The molecule has 29 heavy (non-hydrogen) atoms. The Morgan fingerprint density at radius 2 is 2.07 bits per heavy atom. The average Bonchev–Trinajstić information content (AvgIpc) is 3.05. The van der Waals surface area contributed by atoms with Crippen LogP contribution in [0.25, 0.3) is 10.2 Å². The Morgan fingerprint density at radius 1 is 1.28 bits per heavy atom. The van der Waals surface area contributed by atoms with E-state index in [4.69, 9.17) is 4.74 Å². The monoisotopic (exact) mass is 431 g/mol. The number of nitrogens with zero attached hydrogens (tertiary/aromatic N) is 3. The van der Waals surface area contributed by atoms with Gasteiger partial charge < -0.3 is 9.30 Å². The zero-order valence-electron chi connectivity index (χ0n) is 15.9. The van der Waals surface area contributed by atoms with Crippen LogP contribution in [0.2, 0.25) is 0 Å². The lowest BCUT2D eigenvalue weighted by atomic mass is 10.3. The lowest BCUT2D eigenvalue weighted by molar-refractivity contribution is -0.384. The van der Waals surface area contributed by atoms with Gasteiger partial charge in [0.25, 0.3) is 5.69 Å². The first kappa shape index (κ1) is 21.2. The predicted octanol–water partition coefficient (Wildman–Crippen LogP) is 4.26. The highest BCUT2D eigenvalue weighted by Crippen LogP contribution is 2.23. The van der Waals surface area contributed by atoms with Crippen LogP contribution in [0, 0.1) is 10.1 Å². The van der Waals surface area contributed by atoms with E-state index in [1.54, 1.807) is 17.8 Å². The van der Waals surface area contributed by atoms with Gasteiger partial charge in [0.2, 0.25) is 5.91 Å². The molecule has 2 aromatic carbocycles. The third kappa shape index (κ3) is 5.75. The molecule has 0 fully saturated rings. The maximum absolute atomic E-state index is 12.4. The van der Waals surface area contributed by atoms with Gasteiger partial charge in [0.15, 0.2) is 4.80 Å². The number of thiazole rings is 1. The number of amides is 1.